The highest BCUT2D eigenvalue weighted by Gasteiger charge is 2.43. The molecule has 0 saturated carbocycles. The molecule has 0 spiro atoms. The summed E-state index contributed by atoms with van der Waals surface area (Å²) in [6.07, 6.45) is 1.40. The van der Waals surface area contributed by atoms with E-state index in [0.717, 1.165) is 12.1 Å². The maximum Gasteiger partial charge on any atom is 0.0376 e. The molecule has 2 unspecified atom stereocenters. The second-order valence-electron chi connectivity index (χ2n) is 3.49. The molecule has 0 aliphatic carbocycles. The molecule has 58 valence electrons. The van der Waals surface area contributed by atoms with Gasteiger partial charge in [0.25, 0.3) is 0 Å². The van der Waals surface area contributed by atoms with Crippen molar-refractivity contribution in [1.29, 1.82) is 0 Å². The Labute approximate surface area is 62.8 Å². The highest BCUT2D eigenvalue weighted by molar-refractivity contribution is 5.01. The minimum Gasteiger partial charge on any atom is -0.301 e. The fourth-order valence-electron chi connectivity index (χ4n) is 2.28. The van der Waals surface area contributed by atoms with Crippen LogP contribution in [0.5, 0.6) is 0 Å². The van der Waals surface area contributed by atoms with Crippen LogP contribution in [0.25, 0.3) is 0 Å². The number of likely N-dealkylation sites (tertiary alicyclic amines) is 2. The van der Waals surface area contributed by atoms with Crippen LogP contribution in [-0.4, -0.2) is 48.6 Å². The Hall–Kier alpha value is -0.0800. The number of hydrogen-bond acceptors (Lipinski definition) is 2. The molecule has 0 aromatic rings. The molecule has 0 radical (unpaired) electrons. The number of nitrogens with zero attached hydrogens (tertiary/aromatic N) is 2. The molecular weight excluding hydrogens is 124 g/mol. The van der Waals surface area contributed by atoms with Crippen molar-refractivity contribution in [1.82, 2.24) is 9.80 Å². The van der Waals surface area contributed by atoms with Crippen molar-refractivity contribution in [2.75, 3.05) is 26.7 Å². The van der Waals surface area contributed by atoms with Crippen LogP contribution in [0.1, 0.15) is 13.3 Å². The fraction of sp³-hybridized carbons (Fsp3) is 1.00. The molecule has 0 N–H and O–H groups in total. The lowest BCUT2D eigenvalue weighted by Crippen LogP contribution is -2.60. The zero-order valence-corrected chi connectivity index (χ0v) is 6.88. The molecule has 2 aliphatic rings. The third-order valence-electron chi connectivity index (χ3n) is 3.08. The van der Waals surface area contributed by atoms with Crippen LogP contribution < -0.4 is 0 Å². The molecule has 2 saturated heterocycles. The summed E-state index contributed by atoms with van der Waals surface area (Å²) in [5, 5.41) is 0. The summed E-state index contributed by atoms with van der Waals surface area (Å²) in [5.74, 6) is 0. The third kappa shape index (κ3) is 0.722. The average Bonchev–Trinajstić information content (AvgIpc) is 2.10. The highest BCUT2D eigenvalue weighted by atomic mass is 15.4. The van der Waals surface area contributed by atoms with Gasteiger partial charge in [0.15, 0.2) is 0 Å². The summed E-state index contributed by atoms with van der Waals surface area (Å²) in [6.45, 7) is 6.13. The lowest BCUT2D eigenvalue weighted by molar-refractivity contribution is 0.0373. The summed E-state index contributed by atoms with van der Waals surface area (Å²) in [6, 6.07) is 1.81. The van der Waals surface area contributed by atoms with E-state index in [9.17, 15) is 0 Å². The molecule has 2 heterocycles. The molecule has 0 amide bonds. The van der Waals surface area contributed by atoms with E-state index < -0.39 is 0 Å². The molecule has 10 heavy (non-hydrogen) atoms. The number of rotatable bonds is 1. The third-order valence-corrected chi connectivity index (χ3v) is 3.08. The van der Waals surface area contributed by atoms with Crippen molar-refractivity contribution in [2.45, 2.75) is 25.4 Å². The Morgan fingerprint density at radius 3 is 2.80 bits per heavy atom. The van der Waals surface area contributed by atoms with Crippen molar-refractivity contribution in [3.05, 3.63) is 0 Å². The van der Waals surface area contributed by atoms with E-state index >= 15 is 0 Å². The number of fused-ring (bicyclic) bond motifs is 1. The van der Waals surface area contributed by atoms with E-state index in [1.807, 2.05) is 0 Å². The van der Waals surface area contributed by atoms with Gasteiger partial charge in [-0.05, 0) is 26.6 Å². The maximum atomic E-state index is 2.58. The zero-order chi connectivity index (χ0) is 7.14. The normalized spacial score (nSPS) is 41.4. The molecule has 2 nitrogen and oxygen atoms in total. The summed E-state index contributed by atoms with van der Waals surface area (Å²) in [7, 11) is 2.25. The standard InChI is InChI=1S/C8H16N2/c1-3-10-6-8-7(10)4-5-9(8)2/h7-8H,3-6H2,1-2H3. The van der Waals surface area contributed by atoms with Crippen LogP contribution in [0.2, 0.25) is 0 Å². The van der Waals surface area contributed by atoms with Gasteiger partial charge in [0.05, 0.1) is 0 Å². The SMILES string of the molecule is CCN1CC2C1CCN2C. The van der Waals surface area contributed by atoms with Crippen molar-refractivity contribution in [3.63, 3.8) is 0 Å². The van der Waals surface area contributed by atoms with Crippen LogP contribution in [-0.2, 0) is 0 Å². The largest absolute Gasteiger partial charge is 0.301 e. The molecule has 2 heteroatoms. The van der Waals surface area contributed by atoms with Gasteiger partial charge in [0.2, 0.25) is 0 Å². The Kier molecular flexibility index (Phi) is 1.46. The lowest BCUT2D eigenvalue weighted by Gasteiger charge is -2.45. The first-order valence-corrected chi connectivity index (χ1v) is 4.27. The van der Waals surface area contributed by atoms with Gasteiger partial charge in [-0.3, -0.25) is 4.90 Å². The van der Waals surface area contributed by atoms with Crippen LogP contribution in [0.3, 0.4) is 0 Å². The van der Waals surface area contributed by atoms with E-state index in [-0.39, 0.29) is 0 Å². The summed E-state index contributed by atoms with van der Waals surface area (Å²) in [5.41, 5.74) is 0. The quantitative estimate of drug-likeness (QED) is 0.520. The van der Waals surface area contributed by atoms with E-state index in [0.29, 0.717) is 0 Å². The summed E-state index contributed by atoms with van der Waals surface area (Å²) in [4.78, 5) is 5.07. The van der Waals surface area contributed by atoms with Crippen LogP contribution >= 0.6 is 0 Å². The van der Waals surface area contributed by atoms with E-state index in [1.54, 1.807) is 0 Å². The summed E-state index contributed by atoms with van der Waals surface area (Å²) >= 11 is 0. The van der Waals surface area contributed by atoms with Crippen molar-refractivity contribution >= 4 is 0 Å². The van der Waals surface area contributed by atoms with E-state index in [4.69, 9.17) is 0 Å². The molecule has 2 atom stereocenters. The van der Waals surface area contributed by atoms with Gasteiger partial charge in [0.1, 0.15) is 0 Å². The van der Waals surface area contributed by atoms with Crippen LogP contribution in [0.4, 0.5) is 0 Å². The lowest BCUT2D eigenvalue weighted by atomic mass is 9.98. The van der Waals surface area contributed by atoms with Gasteiger partial charge in [-0.15, -0.1) is 0 Å². The van der Waals surface area contributed by atoms with Crippen LogP contribution in [0, 0.1) is 0 Å². The average molecular weight is 140 g/mol. The molecule has 2 rings (SSSR count). The molecular formula is C8H16N2. The zero-order valence-electron chi connectivity index (χ0n) is 6.88. The first-order chi connectivity index (χ1) is 4.83. The Balaban J connectivity index is 1.96. The molecule has 0 aromatic heterocycles. The smallest absolute Gasteiger partial charge is 0.0376 e. The van der Waals surface area contributed by atoms with Crippen LogP contribution in [0.15, 0.2) is 0 Å². The number of likely N-dealkylation sites (N-methyl/N-ethyl adjacent to an activating group) is 2. The minimum absolute atomic E-state index is 0.903. The second kappa shape index (κ2) is 2.21. The topological polar surface area (TPSA) is 6.48 Å². The Morgan fingerprint density at radius 2 is 2.20 bits per heavy atom. The van der Waals surface area contributed by atoms with Gasteiger partial charge >= 0.3 is 0 Å². The van der Waals surface area contributed by atoms with Crippen molar-refractivity contribution in [2.24, 2.45) is 0 Å². The number of hydrogen-bond donors (Lipinski definition) is 0. The molecule has 0 bridgehead atoms. The predicted molar refractivity (Wildman–Crippen MR) is 42.1 cm³/mol. The molecule has 0 aromatic carbocycles. The van der Waals surface area contributed by atoms with Crippen molar-refractivity contribution < 1.29 is 0 Å². The van der Waals surface area contributed by atoms with Gasteiger partial charge in [-0.1, -0.05) is 6.92 Å². The Morgan fingerprint density at radius 1 is 1.40 bits per heavy atom. The monoisotopic (exact) mass is 140 g/mol. The Bertz CT molecular complexity index is 135. The van der Waals surface area contributed by atoms with E-state index in [2.05, 4.69) is 23.8 Å². The first kappa shape index (κ1) is 6.62. The van der Waals surface area contributed by atoms with Gasteiger partial charge in [-0.25, -0.2) is 0 Å². The first-order valence-electron chi connectivity index (χ1n) is 4.27. The molecule has 2 fully saturated rings. The van der Waals surface area contributed by atoms with E-state index in [1.165, 1.54) is 26.1 Å². The maximum absolute atomic E-state index is 2.58. The summed E-state index contributed by atoms with van der Waals surface area (Å²) < 4.78 is 0. The second-order valence-corrected chi connectivity index (χ2v) is 3.49. The predicted octanol–water partition coefficient (Wildman–Crippen LogP) is 0.395. The molecule has 2 aliphatic heterocycles. The van der Waals surface area contributed by atoms with Gasteiger partial charge in [0, 0.05) is 18.6 Å². The highest BCUT2D eigenvalue weighted by Crippen LogP contribution is 2.30. The minimum atomic E-state index is 0.903. The van der Waals surface area contributed by atoms with Crippen molar-refractivity contribution in [3.8, 4) is 0 Å². The van der Waals surface area contributed by atoms with Gasteiger partial charge < -0.3 is 4.90 Å². The fourth-order valence-corrected chi connectivity index (χ4v) is 2.28. The van der Waals surface area contributed by atoms with Gasteiger partial charge in [-0.2, -0.15) is 0 Å².